The monoisotopic (exact) mass is 229 g/mol. The lowest BCUT2D eigenvalue weighted by Gasteiger charge is -2.36. The number of carbonyl (C=O) groups is 2. The van der Waals surface area contributed by atoms with Crippen LogP contribution in [0.15, 0.2) is 0 Å². The van der Waals surface area contributed by atoms with Crippen LogP contribution < -0.4 is 0 Å². The Morgan fingerprint density at radius 2 is 2.12 bits per heavy atom. The van der Waals surface area contributed by atoms with Gasteiger partial charge in [0.25, 0.3) is 0 Å². The molecule has 1 amide bonds. The molecule has 1 aliphatic rings. The summed E-state index contributed by atoms with van der Waals surface area (Å²) >= 11 is 0. The second-order valence-electron chi connectivity index (χ2n) is 4.99. The SMILES string of the molecule is CC1COC(C=O)CN1C(=O)OC(C)(C)C. The molecule has 0 saturated carbocycles. The number of nitrogens with zero attached hydrogens (tertiary/aromatic N) is 1. The molecule has 0 spiro atoms. The van der Waals surface area contributed by atoms with Crippen molar-refractivity contribution >= 4 is 12.4 Å². The van der Waals surface area contributed by atoms with Gasteiger partial charge >= 0.3 is 6.09 Å². The van der Waals surface area contributed by atoms with E-state index in [2.05, 4.69) is 0 Å². The maximum atomic E-state index is 11.8. The smallest absolute Gasteiger partial charge is 0.410 e. The molecule has 0 aliphatic carbocycles. The molecule has 5 heteroatoms. The zero-order valence-electron chi connectivity index (χ0n) is 10.2. The summed E-state index contributed by atoms with van der Waals surface area (Å²) in [5.74, 6) is 0. The fourth-order valence-electron chi connectivity index (χ4n) is 1.44. The van der Waals surface area contributed by atoms with Crippen LogP contribution in [0.1, 0.15) is 27.7 Å². The molecular formula is C11H19NO4. The fraction of sp³-hybridized carbons (Fsp3) is 0.818. The first-order chi connectivity index (χ1) is 7.33. The summed E-state index contributed by atoms with van der Waals surface area (Å²) in [7, 11) is 0. The summed E-state index contributed by atoms with van der Waals surface area (Å²) in [5.41, 5.74) is -0.522. The van der Waals surface area contributed by atoms with E-state index >= 15 is 0 Å². The second kappa shape index (κ2) is 4.82. The van der Waals surface area contributed by atoms with Crippen molar-refractivity contribution in [3.05, 3.63) is 0 Å². The van der Waals surface area contributed by atoms with E-state index < -0.39 is 17.8 Å². The second-order valence-corrected chi connectivity index (χ2v) is 4.99. The highest BCUT2D eigenvalue weighted by molar-refractivity contribution is 5.70. The van der Waals surface area contributed by atoms with Gasteiger partial charge in [0.05, 0.1) is 19.2 Å². The summed E-state index contributed by atoms with van der Waals surface area (Å²) in [6.45, 7) is 7.93. The van der Waals surface area contributed by atoms with Crippen LogP contribution in [0.25, 0.3) is 0 Å². The molecule has 0 aromatic rings. The molecule has 1 rings (SSSR count). The number of ether oxygens (including phenoxy) is 2. The van der Waals surface area contributed by atoms with Crippen LogP contribution in [0.3, 0.4) is 0 Å². The van der Waals surface area contributed by atoms with Crippen molar-refractivity contribution in [1.82, 2.24) is 4.90 Å². The quantitative estimate of drug-likeness (QED) is 0.634. The van der Waals surface area contributed by atoms with Crippen LogP contribution in [0, 0.1) is 0 Å². The normalized spacial score (nSPS) is 26.4. The highest BCUT2D eigenvalue weighted by Gasteiger charge is 2.32. The molecule has 5 nitrogen and oxygen atoms in total. The van der Waals surface area contributed by atoms with Gasteiger partial charge in [-0.2, -0.15) is 0 Å². The van der Waals surface area contributed by atoms with Crippen molar-refractivity contribution in [2.45, 2.75) is 45.4 Å². The summed E-state index contributed by atoms with van der Waals surface area (Å²) in [6.07, 6.45) is -0.220. The van der Waals surface area contributed by atoms with E-state index in [1.807, 2.05) is 27.7 Å². The molecule has 0 aromatic carbocycles. The van der Waals surface area contributed by atoms with Crippen LogP contribution in [0.2, 0.25) is 0 Å². The van der Waals surface area contributed by atoms with Gasteiger partial charge in [0, 0.05) is 0 Å². The number of aldehydes is 1. The van der Waals surface area contributed by atoms with Crippen molar-refractivity contribution in [1.29, 1.82) is 0 Å². The van der Waals surface area contributed by atoms with Gasteiger partial charge in [0.1, 0.15) is 11.7 Å². The van der Waals surface area contributed by atoms with Gasteiger partial charge in [0.15, 0.2) is 6.29 Å². The molecule has 0 N–H and O–H groups in total. The average Bonchev–Trinajstić information content (AvgIpc) is 2.15. The van der Waals surface area contributed by atoms with Crippen molar-refractivity contribution < 1.29 is 19.1 Å². The lowest BCUT2D eigenvalue weighted by Crippen LogP contribution is -2.52. The van der Waals surface area contributed by atoms with Crippen LogP contribution in [-0.4, -0.2) is 48.2 Å². The van der Waals surface area contributed by atoms with Crippen LogP contribution in [-0.2, 0) is 14.3 Å². The highest BCUT2D eigenvalue weighted by atomic mass is 16.6. The molecule has 1 heterocycles. The summed E-state index contributed by atoms with van der Waals surface area (Å²) in [5, 5.41) is 0. The van der Waals surface area contributed by atoms with Crippen molar-refractivity contribution in [3.8, 4) is 0 Å². The van der Waals surface area contributed by atoms with E-state index in [-0.39, 0.29) is 12.6 Å². The molecular weight excluding hydrogens is 210 g/mol. The average molecular weight is 229 g/mol. The van der Waals surface area contributed by atoms with Gasteiger partial charge in [-0.25, -0.2) is 4.79 Å². The number of carbonyl (C=O) groups excluding carboxylic acids is 2. The van der Waals surface area contributed by atoms with Crippen molar-refractivity contribution in [2.24, 2.45) is 0 Å². The number of morpholine rings is 1. The van der Waals surface area contributed by atoms with Gasteiger partial charge in [-0.3, -0.25) is 0 Å². The Morgan fingerprint density at radius 1 is 1.50 bits per heavy atom. The molecule has 16 heavy (non-hydrogen) atoms. The molecule has 1 fully saturated rings. The number of hydrogen-bond donors (Lipinski definition) is 0. The van der Waals surface area contributed by atoms with Crippen LogP contribution in [0.4, 0.5) is 4.79 Å². The first-order valence-corrected chi connectivity index (χ1v) is 5.40. The van der Waals surface area contributed by atoms with E-state index in [4.69, 9.17) is 9.47 Å². The summed E-state index contributed by atoms with van der Waals surface area (Å²) in [4.78, 5) is 24.0. The minimum atomic E-state index is -0.538. The predicted molar refractivity (Wildman–Crippen MR) is 58.2 cm³/mol. The van der Waals surface area contributed by atoms with Gasteiger partial charge in [-0.1, -0.05) is 0 Å². The summed E-state index contributed by atoms with van der Waals surface area (Å²) in [6, 6.07) is -0.0638. The summed E-state index contributed by atoms with van der Waals surface area (Å²) < 4.78 is 10.5. The highest BCUT2D eigenvalue weighted by Crippen LogP contribution is 2.16. The zero-order valence-corrected chi connectivity index (χ0v) is 10.2. The van der Waals surface area contributed by atoms with E-state index in [1.165, 1.54) is 4.90 Å². The minimum Gasteiger partial charge on any atom is -0.444 e. The van der Waals surface area contributed by atoms with Gasteiger partial charge in [-0.15, -0.1) is 0 Å². The molecule has 1 saturated heterocycles. The Labute approximate surface area is 95.7 Å². The molecule has 92 valence electrons. The van der Waals surface area contributed by atoms with Gasteiger partial charge in [0.2, 0.25) is 0 Å². The zero-order chi connectivity index (χ0) is 12.3. The maximum Gasteiger partial charge on any atom is 0.410 e. The Balaban J connectivity index is 2.62. The van der Waals surface area contributed by atoms with E-state index in [1.54, 1.807) is 0 Å². The van der Waals surface area contributed by atoms with E-state index in [9.17, 15) is 9.59 Å². The Bertz CT molecular complexity index is 272. The first-order valence-electron chi connectivity index (χ1n) is 5.40. The molecule has 1 aliphatic heterocycles. The first kappa shape index (κ1) is 13.0. The van der Waals surface area contributed by atoms with Crippen LogP contribution >= 0.6 is 0 Å². The fourth-order valence-corrected chi connectivity index (χ4v) is 1.44. The minimum absolute atomic E-state index is 0.0638. The lowest BCUT2D eigenvalue weighted by molar-refractivity contribution is -0.126. The van der Waals surface area contributed by atoms with Gasteiger partial charge < -0.3 is 19.2 Å². The topological polar surface area (TPSA) is 55.8 Å². The van der Waals surface area contributed by atoms with Crippen molar-refractivity contribution in [3.63, 3.8) is 0 Å². The third-order valence-electron chi connectivity index (χ3n) is 2.24. The third-order valence-corrected chi connectivity index (χ3v) is 2.24. The number of hydrogen-bond acceptors (Lipinski definition) is 4. The molecule has 0 bridgehead atoms. The molecule has 0 aromatic heterocycles. The Hall–Kier alpha value is -1.10. The molecule has 2 unspecified atom stereocenters. The number of amides is 1. The third kappa shape index (κ3) is 3.48. The van der Waals surface area contributed by atoms with Crippen molar-refractivity contribution in [2.75, 3.05) is 13.2 Å². The molecule has 0 radical (unpaired) electrons. The Morgan fingerprint density at radius 3 is 2.62 bits per heavy atom. The standard InChI is InChI=1S/C11H19NO4/c1-8-7-15-9(6-13)5-12(8)10(14)16-11(2,3)4/h6,8-9H,5,7H2,1-4H3. The van der Waals surface area contributed by atoms with Gasteiger partial charge in [-0.05, 0) is 27.7 Å². The predicted octanol–water partition coefficient (Wildman–Crippen LogP) is 1.21. The largest absolute Gasteiger partial charge is 0.444 e. The lowest BCUT2D eigenvalue weighted by atomic mass is 10.2. The maximum absolute atomic E-state index is 11.8. The number of rotatable bonds is 1. The van der Waals surface area contributed by atoms with E-state index in [0.717, 1.165) is 0 Å². The Kier molecular flexibility index (Phi) is 3.91. The van der Waals surface area contributed by atoms with Crippen LogP contribution in [0.5, 0.6) is 0 Å². The van der Waals surface area contributed by atoms with E-state index in [0.29, 0.717) is 12.9 Å². The molecule has 2 atom stereocenters.